The second-order valence-electron chi connectivity index (χ2n) is 4.11. The van der Waals surface area contributed by atoms with Crippen molar-refractivity contribution < 1.29 is 4.74 Å². The Morgan fingerprint density at radius 1 is 1.29 bits per heavy atom. The number of nitrogens with one attached hydrogen (secondary N) is 1. The molecule has 1 unspecified atom stereocenters. The van der Waals surface area contributed by atoms with Crippen LogP contribution in [0.25, 0.3) is 0 Å². The molecule has 0 radical (unpaired) electrons. The molecule has 0 aliphatic carbocycles. The second-order valence-corrected chi connectivity index (χ2v) is 4.51. The Kier molecular flexibility index (Phi) is 7.25. The summed E-state index contributed by atoms with van der Waals surface area (Å²) in [5, 5.41) is 4.34. The van der Waals surface area contributed by atoms with Crippen molar-refractivity contribution in [2.75, 3.05) is 19.8 Å². The first-order chi connectivity index (χ1) is 8.27. The van der Waals surface area contributed by atoms with E-state index in [0.717, 1.165) is 37.6 Å². The highest BCUT2D eigenvalue weighted by Crippen LogP contribution is 2.16. The van der Waals surface area contributed by atoms with Crippen LogP contribution in [0.3, 0.4) is 0 Å². The van der Waals surface area contributed by atoms with Gasteiger partial charge in [0, 0.05) is 17.7 Å². The summed E-state index contributed by atoms with van der Waals surface area (Å²) in [6.07, 6.45) is 2.05. The van der Waals surface area contributed by atoms with Gasteiger partial charge in [0.05, 0.1) is 6.61 Å². The highest BCUT2D eigenvalue weighted by atomic mass is 35.5. The number of benzene rings is 1. The zero-order valence-electron chi connectivity index (χ0n) is 10.7. The molecule has 0 aliphatic heterocycles. The predicted octanol–water partition coefficient (Wildman–Crippen LogP) is 3.29. The zero-order chi connectivity index (χ0) is 12.5. The summed E-state index contributed by atoms with van der Waals surface area (Å²) in [6, 6.07) is 8.35. The van der Waals surface area contributed by atoms with E-state index in [1.54, 1.807) is 0 Å². The molecular formula is C14H22ClNO. The van der Waals surface area contributed by atoms with Gasteiger partial charge in [0.15, 0.2) is 0 Å². The largest absolute Gasteiger partial charge is 0.380 e. The number of rotatable bonds is 8. The van der Waals surface area contributed by atoms with Crippen LogP contribution in [0.4, 0.5) is 0 Å². The molecule has 1 aromatic rings. The van der Waals surface area contributed by atoms with Gasteiger partial charge in [-0.2, -0.15) is 0 Å². The molecule has 0 fully saturated rings. The van der Waals surface area contributed by atoms with E-state index in [0.29, 0.717) is 6.04 Å². The molecule has 17 heavy (non-hydrogen) atoms. The summed E-state index contributed by atoms with van der Waals surface area (Å²) in [5.41, 5.74) is 1.18. The summed E-state index contributed by atoms with van der Waals surface area (Å²) >= 11 is 6.17. The van der Waals surface area contributed by atoms with Gasteiger partial charge in [-0.25, -0.2) is 0 Å². The van der Waals surface area contributed by atoms with Crippen LogP contribution in [0.2, 0.25) is 5.02 Å². The molecule has 0 aromatic heterocycles. The van der Waals surface area contributed by atoms with E-state index in [1.807, 2.05) is 25.1 Å². The van der Waals surface area contributed by atoms with Gasteiger partial charge in [-0.1, -0.05) is 36.7 Å². The summed E-state index contributed by atoms with van der Waals surface area (Å²) in [6.45, 7) is 6.70. The summed E-state index contributed by atoms with van der Waals surface area (Å²) < 4.78 is 5.50. The Hall–Kier alpha value is -0.570. The van der Waals surface area contributed by atoms with Crippen LogP contribution in [-0.4, -0.2) is 25.8 Å². The van der Waals surface area contributed by atoms with Crippen LogP contribution < -0.4 is 5.32 Å². The molecule has 0 aliphatic rings. The van der Waals surface area contributed by atoms with Crippen LogP contribution in [0.15, 0.2) is 24.3 Å². The lowest BCUT2D eigenvalue weighted by atomic mass is 10.1. The third kappa shape index (κ3) is 5.53. The van der Waals surface area contributed by atoms with E-state index < -0.39 is 0 Å². The van der Waals surface area contributed by atoms with Crippen LogP contribution in [0.5, 0.6) is 0 Å². The number of ether oxygens (including phenoxy) is 1. The number of hydrogen-bond donors (Lipinski definition) is 1. The standard InChI is InChI=1S/C14H22ClNO/c1-3-9-16-13(11-17-4-2)10-12-7-5-6-8-14(12)15/h5-8,13,16H,3-4,9-11H2,1-2H3. The Morgan fingerprint density at radius 3 is 2.71 bits per heavy atom. The highest BCUT2D eigenvalue weighted by Gasteiger charge is 2.10. The number of halogens is 1. The molecule has 0 spiro atoms. The summed E-state index contributed by atoms with van der Waals surface area (Å²) in [7, 11) is 0. The maximum Gasteiger partial charge on any atom is 0.0622 e. The fraction of sp³-hybridized carbons (Fsp3) is 0.571. The molecule has 2 nitrogen and oxygen atoms in total. The normalized spacial score (nSPS) is 12.6. The minimum absolute atomic E-state index is 0.342. The highest BCUT2D eigenvalue weighted by molar-refractivity contribution is 6.31. The molecule has 0 bridgehead atoms. The first-order valence-electron chi connectivity index (χ1n) is 6.32. The Balaban J connectivity index is 2.55. The molecule has 0 amide bonds. The van der Waals surface area contributed by atoms with Gasteiger partial charge in [0.25, 0.3) is 0 Å². The van der Waals surface area contributed by atoms with Crippen molar-refractivity contribution in [3.8, 4) is 0 Å². The lowest BCUT2D eigenvalue weighted by Gasteiger charge is -2.19. The molecule has 0 heterocycles. The summed E-state index contributed by atoms with van der Waals surface area (Å²) in [5.74, 6) is 0. The van der Waals surface area contributed by atoms with E-state index >= 15 is 0 Å². The van der Waals surface area contributed by atoms with Gasteiger partial charge in [-0.05, 0) is 37.9 Å². The van der Waals surface area contributed by atoms with Gasteiger partial charge >= 0.3 is 0 Å². The van der Waals surface area contributed by atoms with E-state index in [2.05, 4.69) is 18.3 Å². The van der Waals surface area contributed by atoms with Crippen molar-refractivity contribution in [3.63, 3.8) is 0 Å². The van der Waals surface area contributed by atoms with Crippen molar-refractivity contribution in [3.05, 3.63) is 34.9 Å². The minimum atomic E-state index is 0.342. The summed E-state index contributed by atoms with van der Waals surface area (Å²) in [4.78, 5) is 0. The van der Waals surface area contributed by atoms with Crippen molar-refractivity contribution in [2.24, 2.45) is 0 Å². The monoisotopic (exact) mass is 255 g/mol. The minimum Gasteiger partial charge on any atom is -0.380 e. The van der Waals surface area contributed by atoms with Gasteiger partial charge < -0.3 is 10.1 Å². The number of hydrogen-bond acceptors (Lipinski definition) is 2. The van der Waals surface area contributed by atoms with Gasteiger partial charge in [-0.15, -0.1) is 0 Å². The quantitative estimate of drug-likeness (QED) is 0.770. The van der Waals surface area contributed by atoms with Crippen molar-refractivity contribution >= 4 is 11.6 Å². The maximum atomic E-state index is 6.17. The van der Waals surface area contributed by atoms with Gasteiger partial charge in [0.1, 0.15) is 0 Å². The molecule has 1 aromatic carbocycles. The molecule has 3 heteroatoms. The van der Waals surface area contributed by atoms with E-state index in [4.69, 9.17) is 16.3 Å². The van der Waals surface area contributed by atoms with Crippen LogP contribution in [0.1, 0.15) is 25.8 Å². The first-order valence-corrected chi connectivity index (χ1v) is 6.70. The zero-order valence-corrected chi connectivity index (χ0v) is 11.5. The third-order valence-corrected chi connectivity index (χ3v) is 3.00. The van der Waals surface area contributed by atoms with Gasteiger partial charge in [-0.3, -0.25) is 0 Å². The van der Waals surface area contributed by atoms with Crippen LogP contribution >= 0.6 is 11.6 Å². The first kappa shape index (κ1) is 14.5. The van der Waals surface area contributed by atoms with Crippen molar-refractivity contribution in [2.45, 2.75) is 32.7 Å². The average Bonchev–Trinajstić information content (AvgIpc) is 2.35. The van der Waals surface area contributed by atoms with E-state index in [9.17, 15) is 0 Å². The third-order valence-electron chi connectivity index (χ3n) is 2.63. The Morgan fingerprint density at radius 2 is 2.06 bits per heavy atom. The van der Waals surface area contributed by atoms with E-state index in [-0.39, 0.29) is 0 Å². The molecule has 1 rings (SSSR count). The molecule has 0 saturated heterocycles. The molecule has 1 N–H and O–H groups in total. The topological polar surface area (TPSA) is 21.3 Å². The van der Waals surface area contributed by atoms with Crippen LogP contribution in [0, 0.1) is 0 Å². The second kappa shape index (κ2) is 8.51. The maximum absolute atomic E-state index is 6.17. The lowest BCUT2D eigenvalue weighted by molar-refractivity contribution is 0.122. The van der Waals surface area contributed by atoms with Crippen molar-refractivity contribution in [1.29, 1.82) is 0 Å². The van der Waals surface area contributed by atoms with Crippen molar-refractivity contribution in [1.82, 2.24) is 5.32 Å². The van der Waals surface area contributed by atoms with Crippen LogP contribution in [-0.2, 0) is 11.2 Å². The SMILES string of the molecule is CCCNC(COCC)Cc1ccccc1Cl. The Bertz CT molecular complexity index is 309. The molecule has 0 saturated carbocycles. The lowest BCUT2D eigenvalue weighted by Crippen LogP contribution is -2.36. The molecule has 1 atom stereocenters. The van der Waals surface area contributed by atoms with Gasteiger partial charge in [0.2, 0.25) is 0 Å². The van der Waals surface area contributed by atoms with E-state index in [1.165, 1.54) is 5.56 Å². The molecular weight excluding hydrogens is 234 g/mol. The predicted molar refractivity (Wildman–Crippen MR) is 73.7 cm³/mol. The Labute approximate surface area is 109 Å². The fourth-order valence-electron chi connectivity index (χ4n) is 1.73. The fourth-order valence-corrected chi connectivity index (χ4v) is 1.94. The average molecular weight is 256 g/mol. The smallest absolute Gasteiger partial charge is 0.0622 e. The molecule has 96 valence electrons.